The van der Waals surface area contributed by atoms with Gasteiger partial charge >= 0.3 is 11.6 Å². The number of aliphatic carboxylic acids is 1. The standard InChI is InChI=1S/C39H50N10O8S2/c1-25-39(57)48(17-12-27-23-41-29-9-4-3-8-28(27)29)26(2)36(54)40-15-21-59-58-20-13-32(50)45-30(10-5-6-16-47-18-19-49-34(47)11-7-14-43-49)37(55)42-24-33(51)46-31(22-35(52)53)38(56)44-25/h3-4,7-9,11,14,18-19,23,25-26,30-31,41H,5-6,10,12-13,15-17,20-22,24H2,1-2H3,(H5-,40,42,44,45,46,50,51,52,53,54,55,56)/p+1/t25-,26-,30-,31?/m0/s1. The minimum absolute atomic E-state index is 0.114. The quantitative estimate of drug-likeness (QED) is 0.0666. The molecule has 0 radical (unpaired) electrons. The van der Waals surface area contributed by atoms with E-state index in [1.54, 1.807) is 17.6 Å². The van der Waals surface area contributed by atoms with Crippen LogP contribution >= 0.6 is 21.6 Å². The van der Waals surface area contributed by atoms with Gasteiger partial charge in [0.25, 0.3) is 0 Å². The van der Waals surface area contributed by atoms with Crippen LogP contribution in [0.4, 0.5) is 0 Å². The van der Waals surface area contributed by atoms with E-state index in [0.29, 0.717) is 37.3 Å². The third kappa shape index (κ3) is 12.9. The number of aromatic nitrogens is 4. The van der Waals surface area contributed by atoms with Gasteiger partial charge in [-0.25, -0.2) is 4.57 Å². The highest BCUT2D eigenvalue weighted by molar-refractivity contribution is 8.76. The van der Waals surface area contributed by atoms with Crippen molar-refractivity contribution < 1.29 is 43.2 Å². The first-order valence-corrected chi connectivity index (χ1v) is 22.0. The number of hydrogen-bond acceptors (Lipinski definition) is 10. The molecule has 20 heteroatoms. The van der Waals surface area contributed by atoms with Crippen molar-refractivity contribution in [2.24, 2.45) is 0 Å². The van der Waals surface area contributed by atoms with Gasteiger partial charge in [0.2, 0.25) is 35.4 Å². The van der Waals surface area contributed by atoms with E-state index in [0.717, 1.165) is 22.1 Å². The first-order chi connectivity index (χ1) is 28.4. The lowest BCUT2D eigenvalue weighted by atomic mass is 10.1. The number of aromatic amines is 1. The van der Waals surface area contributed by atoms with E-state index < -0.39 is 72.6 Å². The maximum atomic E-state index is 14.0. The number of hydrogen-bond donors (Lipinski definition) is 7. The highest BCUT2D eigenvalue weighted by atomic mass is 33.1. The Morgan fingerprint density at radius 1 is 0.881 bits per heavy atom. The number of fused-ring (bicyclic) bond motifs is 2. The number of carboxylic acids is 1. The van der Waals surface area contributed by atoms with Crippen LogP contribution in [0.5, 0.6) is 0 Å². The molecular formula is C39H51N10O8S2+. The molecule has 0 spiro atoms. The van der Waals surface area contributed by atoms with Crippen LogP contribution in [0.3, 0.4) is 0 Å². The molecule has 4 aromatic rings. The predicted molar refractivity (Wildman–Crippen MR) is 222 cm³/mol. The zero-order valence-electron chi connectivity index (χ0n) is 33.0. The number of para-hydroxylation sites is 1. The summed E-state index contributed by atoms with van der Waals surface area (Å²) >= 11 is 0. The molecule has 0 bridgehead atoms. The van der Waals surface area contributed by atoms with E-state index in [-0.39, 0.29) is 31.8 Å². The first-order valence-electron chi connectivity index (χ1n) is 19.5. The number of rotatable bonds is 10. The van der Waals surface area contributed by atoms with Crippen LogP contribution in [-0.4, -0.2) is 121 Å². The Hall–Kier alpha value is -5.63. The molecule has 1 unspecified atom stereocenters. The van der Waals surface area contributed by atoms with Crippen LogP contribution < -0.4 is 31.1 Å². The topological polar surface area (TPSA) is 241 Å². The third-order valence-corrected chi connectivity index (χ3v) is 12.2. The minimum Gasteiger partial charge on any atom is -0.481 e. The molecule has 18 nitrogen and oxygen atoms in total. The summed E-state index contributed by atoms with van der Waals surface area (Å²) in [5.41, 5.74) is 2.74. The molecule has 4 atom stereocenters. The third-order valence-electron chi connectivity index (χ3n) is 9.82. The molecule has 59 heavy (non-hydrogen) atoms. The van der Waals surface area contributed by atoms with E-state index in [1.807, 2.05) is 59.6 Å². The van der Waals surface area contributed by atoms with Crippen molar-refractivity contribution in [3.63, 3.8) is 0 Å². The van der Waals surface area contributed by atoms with E-state index >= 15 is 0 Å². The number of carbonyl (C=O) groups excluding carboxylic acids is 6. The summed E-state index contributed by atoms with van der Waals surface area (Å²) in [4.78, 5) is 96.6. The maximum absolute atomic E-state index is 14.0. The van der Waals surface area contributed by atoms with Gasteiger partial charge in [-0.1, -0.05) is 44.9 Å². The van der Waals surface area contributed by atoms with Gasteiger partial charge in [0.1, 0.15) is 30.4 Å². The number of benzene rings is 1. The molecule has 1 saturated heterocycles. The SMILES string of the molecule is C[C@@H]1NC(=O)C(CC(=O)O)NC(=O)CNC(=O)[C@H](CCCCn2cc[n+]3ncccc23)NC(=O)CCSSCCNC(=O)[C@H](C)N(CCc2c[nH]c3ccccc23)C1=O. The number of amides is 6. The monoisotopic (exact) mass is 851 g/mol. The Bertz CT molecular complexity index is 2130. The lowest BCUT2D eigenvalue weighted by Crippen LogP contribution is -2.58. The smallest absolute Gasteiger partial charge is 0.307 e. The molecule has 5 rings (SSSR count). The second kappa shape index (κ2) is 21.9. The molecule has 0 aliphatic carbocycles. The first kappa shape index (κ1) is 44.5. The van der Waals surface area contributed by atoms with Gasteiger partial charge < -0.3 is 41.6 Å². The fourth-order valence-electron chi connectivity index (χ4n) is 6.67. The van der Waals surface area contributed by atoms with Crippen LogP contribution in [0.15, 0.2) is 61.2 Å². The van der Waals surface area contributed by atoms with Gasteiger partial charge in [0.15, 0.2) is 6.20 Å². The fourth-order valence-corrected chi connectivity index (χ4v) is 8.56. The Kier molecular flexibility index (Phi) is 16.5. The average Bonchev–Trinajstić information content (AvgIpc) is 3.83. The number of nitrogens with zero attached hydrogens (tertiary/aromatic N) is 4. The largest absolute Gasteiger partial charge is 0.481 e. The Morgan fingerprint density at radius 2 is 1.66 bits per heavy atom. The van der Waals surface area contributed by atoms with Crippen molar-refractivity contribution in [3.8, 4) is 0 Å². The molecule has 3 aromatic heterocycles. The summed E-state index contributed by atoms with van der Waals surface area (Å²) < 4.78 is 3.77. The maximum Gasteiger partial charge on any atom is 0.307 e. The second-order valence-electron chi connectivity index (χ2n) is 14.1. The van der Waals surface area contributed by atoms with E-state index in [2.05, 4.69) is 36.7 Å². The molecule has 316 valence electrons. The number of nitrogens with one attached hydrogen (secondary N) is 6. The average molecular weight is 852 g/mol. The number of H-pyrrole nitrogens is 1. The van der Waals surface area contributed by atoms with Crippen molar-refractivity contribution in [3.05, 3.63) is 66.7 Å². The van der Waals surface area contributed by atoms with Crippen molar-refractivity contribution >= 4 is 79.6 Å². The van der Waals surface area contributed by atoms with E-state index in [1.165, 1.54) is 33.4 Å². The summed E-state index contributed by atoms with van der Waals surface area (Å²) in [7, 11) is 2.91. The normalized spacial score (nSPS) is 21.4. The highest BCUT2D eigenvalue weighted by Crippen LogP contribution is 2.22. The summed E-state index contributed by atoms with van der Waals surface area (Å²) in [6.07, 6.45) is 8.48. The second-order valence-corrected chi connectivity index (χ2v) is 16.8. The van der Waals surface area contributed by atoms with Gasteiger partial charge in [-0.2, -0.15) is 0 Å². The van der Waals surface area contributed by atoms with Crippen LogP contribution in [-0.2, 0) is 46.5 Å². The zero-order valence-corrected chi connectivity index (χ0v) is 34.6. The summed E-state index contributed by atoms with van der Waals surface area (Å²) in [5.74, 6) is -4.20. The van der Waals surface area contributed by atoms with Crippen molar-refractivity contribution in [1.29, 1.82) is 0 Å². The van der Waals surface area contributed by atoms with Crippen LogP contribution in [0.2, 0.25) is 0 Å². The summed E-state index contributed by atoms with van der Waals surface area (Å²) in [6.45, 7) is 3.46. The van der Waals surface area contributed by atoms with Crippen LogP contribution in [0.1, 0.15) is 51.5 Å². The molecule has 1 aliphatic heterocycles. The molecule has 6 amide bonds. The highest BCUT2D eigenvalue weighted by Gasteiger charge is 2.32. The molecule has 1 aliphatic rings. The minimum atomic E-state index is -1.60. The van der Waals surface area contributed by atoms with Gasteiger partial charge in [0, 0.05) is 54.2 Å². The van der Waals surface area contributed by atoms with Crippen molar-refractivity contribution in [2.75, 3.05) is 31.1 Å². The predicted octanol–water partition coefficient (Wildman–Crippen LogP) is 0.700. The van der Waals surface area contributed by atoms with Gasteiger partial charge in [-0.15, -0.1) is 4.52 Å². The Morgan fingerprint density at radius 3 is 2.47 bits per heavy atom. The van der Waals surface area contributed by atoms with E-state index in [9.17, 15) is 38.7 Å². The fraction of sp³-hybridized carbons (Fsp3) is 0.462. The molecule has 1 aromatic carbocycles. The van der Waals surface area contributed by atoms with Crippen molar-refractivity contribution in [1.82, 2.24) is 46.1 Å². The molecule has 4 heterocycles. The van der Waals surface area contributed by atoms with Crippen LogP contribution in [0, 0.1) is 0 Å². The van der Waals surface area contributed by atoms with Gasteiger partial charge in [-0.3, -0.25) is 33.6 Å². The zero-order chi connectivity index (χ0) is 42.3. The molecule has 7 N–H and O–H groups in total. The number of carbonyl (C=O) groups is 7. The molecule has 0 saturated carbocycles. The Labute approximate surface area is 348 Å². The number of unbranched alkanes of at least 4 members (excludes halogenated alkanes) is 1. The Balaban J connectivity index is 1.26. The number of carboxylic acid groups (broad SMARTS) is 1. The van der Waals surface area contributed by atoms with Crippen molar-refractivity contribution in [2.45, 2.75) is 83.1 Å². The lowest BCUT2D eigenvalue weighted by Gasteiger charge is -2.31. The van der Waals surface area contributed by atoms with Crippen LogP contribution in [0.25, 0.3) is 16.6 Å². The number of imidazole rings is 1. The van der Waals surface area contributed by atoms with E-state index in [4.69, 9.17) is 0 Å². The lowest BCUT2D eigenvalue weighted by molar-refractivity contribution is -0.579. The summed E-state index contributed by atoms with van der Waals surface area (Å²) in [6, 6.07) is 6.75. The molecular weight excluding hydrogens is 801 g/mol. The summed E-state index contributed by atoms with van der Waals surface area (Å²) in [5, 5.41) is 27.8. The molecule has 1 fully saturated rings. The number of aryl methyl sites for hydroxylation is 1. The van der Waals surface area contributed by atoms with Gasteiger partial charge in [-0.05, 0) is 57.2 Å². The van der Waals surface area contributed by atoms with Gasteiger partial charge in [0.05, 0.1) is 25.7 Å².